The van der Waals surface area contributed by atoms with Crippen LogP contribution >= 0.6 is 11.6 Å². The number of benzene rings is 2. The van der Waals surface area contributed by atoms with Crippen molar-refractivity contribution in [1.29, 1.82) is 0 Å². The van der Waals surface area contributed by atoms with E-state index in [1.54, 1.807) is 29.0 Å². The standard InChI is InChI=1S/C16H10ClF2NO/c17-12-1-2-15-11(9-21)8-20(16(15)5-12)7-10-3-13(18)6-14(19)4-10/h1-6,8-9H,7H2. The van der Waals surface area contributed by atoms with E-state index in [2.05, 4.69) is 0 Å². The molecule has 0 radical (unpaired) electrons. The zero-order valence-electron chi connectivity index (χ0n) is 10.8. The van der Waals surface area contributed by atoms with Gasteiger partial charge in [-0.05, 0) is 29.8 Å². The number of carbonyl (C=O) groups is 1. The van der Waals surface area contributed by atoms with E-state index in [0.717, 1.165) is 23.3 Å². The van der Waals surface area contributed by atoms with E-state index in [0.29, 0.717) is 16.1 Å². The summed E-state index contributed by atoms with van der Waals surface area (Å²) >= 11 is 5.97. The van der Waals surface area contributed by atoms with Gasteiger partial charge < -0.3 is 4.57 Å². The average Bonchev–Trinajstić information content (AvgIpc) is 2.75. The van der Waals surface area contributed by atoms with E-state index in [4.69, 9.17) is 11.6 Å². The van der Waals surface area contributed by atoms with Crippen molar-refractivity contribution >= 4 is 28.8 Å². The third-order valence-electron chi connectivity index (χ3n) is 3.28. The van der Waals surface area contributed by atoms with Crippen LogP contribution in [0.5, 0.6) is 0 Å². The smallest absolute Gasteiger partial charge is 0.152 e. The molecule has 3 rings (SSSR count). The lowest BCUT2D eigenvalue weighted by Gasteiger charge is -2.06. The van der Waals surface area contributed by atoms with Gasteiger partial charge in [-0.1, -0.05) is 17.7 Å². The molecule has 0 saturated heterocycles. The van der Waals surface area contributed by atoms with Crippen molar-refractivity contribution in [3.8, 4) is 0 Å². The SMILES string of the molecule is O=Cc1cn(Cc2cc(F)cc(F)c2)c2cc(Cl)ccc12. The third-order valence-corrected chi connectivity index (χ3v) is 3.51. The number of fused-ring (bicyclic) bond motifs is 1. The fourth-order valence-corrected chi connectivity index (χ4v) is 2.58. The maximum atomic E-state index is 13.3. The number of nitrogens with zero attached hydrogens (tertiary/aromatic N) is 1. The van der Waals surface area contributed by atoms with Crippen LogP contribution in [-0.4, -0.2) is 10.9 Å². The lowest BCUT2D eigenvalue weighted by atomic mass is 10.2. The van der Waals surface area contributed by atoms with Gasteiger partial charge in [0.1, 0.15) is 11.6 Å². The molecule has 0 amide bonds. The number of rotatable bonds is 3. The second-order valence-corrected chi connectivity index (χ2v) is 5.21. The molecular weight excluding hydrogens is 296 g/mol. The van der Waals surface area contributed by atoms with E-state index in [1.807, 2.05) is 0 Å². The highest BCUT2D eigenvalue weighted by molar-refractivity contribution is 6.31. The van der Waals surface area contributed by atoms with Gasteiger partial charge in [-0.25, -0.2) is 8.78 Å². The van der Waals surface area contributed by atoms with Gasteiger partial charge in [0.2, 0.25) is 0 Å². The van der Waals surface area contributed by atoms with Gasteiger partial charge in [-0.2, -0.15) is 0 Å². The largest absolute Gasteiger partial charge is 0.342 e. The molecule has 1 aromatic heterocycles. The Bertz CT molecular complexity index is 821. The lowest BCUT2D eigenvalue weighted by molar-refractivity contribution is 0.112. The highest BCUT2D eigenvalue weighted by atomic mass is 35.5. The third kappa shape index (κ3) is 2.67. The maximum Gasteiger partial charge on any atom is 0.152 e. The number of aldehydes is 1. The highest BCUT2D eigenvalue weighted by Gasteiger charge is 2.10. The maximum absolute atomic E-state index is 13.3. The zero-order valence-corrected chi connectivity index (χ0v) is 11.6. The Morgan fingerprint density at radius 1 is 1.10 bits per heavy atom. The van der Waals surface area contributed by atoms with E-state index >= 15 is 0 Å². The summed E-state index contributed by atoms with van der Waals surface area (Å²) < 4.78 is 28.3. The molecule has 1 heterocycles. The van der Waals surface area contributed by atoms with Crippen LogP contribution < -0.4 is 0 Å². The van der Waals surface area contributed by atoms with Gasteiger partial charge in [-0.15, -0.1) is 0 Å². The summed E-state index contributed by atoms with van der Waals surface area (Å²) in [5.74, 6) is -1.26. The van der Waals surface area contributed by atoms with Crippen LogP contribution in [0.4, 0.5) is 8.78 Å². The molecule has 0 unspecified atom stereocenters. The average molecular weight is 306 g/mol. The molecule has 2 nitrogen and oxygen atoms in total. The van der Waals surface area contributed by atoms with E-state index < -0.39 is 11.6 Å². The number of aromatic nitrogens is 1. The first-order valence-corrected chi connectivity index (χ1v) is 6.63. The Morgan fingerprint density at radius 3 is 2.48 bits per heavy atom. The van der Waals surface area contributed by atoms with Crippen molar-refractivity contribution in [1.82, 2.24) is 4.57 Å². The van der Waals surface area contributed by atoms with Crippen LogP contribution in [0.3, 0.4) is 0 Å². The van der Waals surface area contributed by atoms with Crippen LogP contribution in [-0.2, 0) is 6.54 Å². The summed E-state index contributed by atoms with van der Waals surface area (Å²) in [6.45, 7) is 0.249. The molecule has 0 atom stereocenters. The van der Waals surface area contributed by atoms with Gasteiger partial charge in [0.15, 0.2) is 6.29 Å². The van der Waals surface area contributed by atoms with Crippen LogP contribution in [0.25, 0.3) is 10.9 Å². The second kappa shape index (κ2) is 5.30. The van der Waals surface area contributed by atoms with Crippen LogP contribution in [0.1, 0.15) is 15.9 Å². The summed E-state index contributed by atoms with van der Waals surface area (Å²) in [4.78, 5) is 11.1. The minimum absolute atomic E-state index is 0.249. The molecule has 2 aromatic carbocycles. The molecule has 0 aliphatic rings. The minimum atomic E-state index is -0.630. The quantitative estimate of drug-likeness (QED) is 0.656. The normalized spacial score (nSPS) is 11.0. The van der Waals surface area contributed by atoms with Gasteiger partial charge in [0.05, 0.1) is 5.52 Å². The molecule has 5 heteroatoms. The van der Waals surface area contributed by atoms with E-state index in [9.17, 15) is 13.6 Å². The summed E-state index contributed by atoms with van der Waals surface area (Å²) in [7, 11) is 0. The molecule has 0 spiro atoms. The van der Waals surface area contributed by atoms with Crippen molar-refractivity contribution in [3.05, 3.63) is 70.4 Å². The first kappa shape index (κ1) is 13.8. The monoisotopic (exact) mass is 305 g/mol. The molecule has 0 saturated carbocycles. The number of halogens is 3. The van der Waals surface area contributed by atoms with Crippen molar-refractivity contribution in [3.63, 3.8) is 0 Å². The predicted molar refractivity (Wildman–Crippen MR) is 77.8 cm³/mol. The van der Waals surface area contributed by atoms with Crippen LogP contribution in [0.2, 0.25) is 5.02 Å². The zero-order chi connectivity index (χ0) is 15.0. The number of hydrogen-bond donors (Lipinski definition) is 0. The molecule has 0 aliphatic heterocycles. The molecule has 0 N–H and O–H groups in total. The number of carbonyl (C=O) groups excluding carboxylic acids is 1. The molecule has 0 fully saturated rings. The Balaban J connectivity index is 2.11. The van der Waals surface area contributed by atoms with E-state index in [-0.39, 0.29) is 6.54 Å². The molecule has 21 heavy (non-hydrogen) atoms. The van der Waals surface area contributed by atoms with Gasteiger partial charge >= 0.3 is 0 Å². The summed E-state index contributed by atoms with van der Waals surface area (Å²) in [6.07, 6.45) is 2.40. The fourth-order valence-electron chi connectivity index (χ4n) is 2.42. The summed E-state index contributed by atoms with van der Waals surface area (Å²) in [5, 5.41) is 1.29. The van der Waals surface area contributed by atoms with Crippen LogP contribution in [0.15, 0.2) is 42.6 Å². The minimum Gasteiger partial charge on any atom is -0.342 e. The molecular formula is C16H10ClF2NO. The Hall–Kier alpha value is -2.20. The number of hydrogen-bond acceptors (Lipinski definition) is 1. The van der Waals surface area contributed by atoms with Crippen molar-refractivity contribution in [2.45, 2.75) is 6.54 Å². The van der Waals surface area contributed by atoms with Crippen molar-refractivity contribution < 1.29 is 13.6 Å². The molecule has 3 aromatic rings. The van der Waals surface area contributed by atoms with Crippen molar-refractivity contribution in [2.75, 3.05) is 0 Å². The van der Waals surface area contributed by atoms with Gasteiger partial charge in [-0.3, -0.25) is 4.79 Å². The Morgan fingerprint density at radius 2 is 1.81 bits per heavy atom. The van der Waals surface area contributed by atoms with E-state index in [1.165, 1.54) is 12.1 Å². The Labute approximate surface area is 124 Å². The fraction of sp³-hybridized carbons (Fsp3) is 0.0625. The summed E-state index contributed by atoms with van der Waals surface area (Å²) in [5.41, 5.74) is 1.73. The first-order valence-electron chi connectivity index (χ1n) is 6.25. The highest BCUT2D eigenvalue weighted by Crippen LogP contribution is 2.25. The van der Waals surface area contributed by atoms with Gasteiger partial charge in [0.25, 0.3) is 0 Å². The lowest BCUT2D eigenvalue weighted by Crippen LogP contribution is -1.99. The second-order valence-electron chi connectivity index (χ2n) is 4.77. The molecule has 0 aliphatic carbocycles. The van der Waals surface area contributed by atoms with Crippen LogP contribution in [0, 0.1) is 11.6 Å². The van der Waals surface area contributed by atoms with Crippen molar-refractivity contribution in [2.24, 2.45) is 0 Å². The summed E-state index contributed by atoms with van der Waals surface area (Å²) in [6, 6.07) is 8.53. The van der Waals surface area contributed by atoms with Gasteiger partial charge in [0, 0.05) is 34.8 Å². The molecule has 106 valence electrons. The Kier molecular flexibility index (Phi) is 3.47. The predicted octanol–water partition coefficient (Wildman–Crippen LogP) is 4.43. The molecule has 0 bridgehead atoms. The topological polar surface area (TPSA) is 22.0 Å². The first-order chi connectivity index (χ1) is 10.1.